The molecule has 0 aromatic heterocycles. The van der Waals surface area contributed by atoms with Crippen LogP contribution in [0.1, 0.15) is 17.2 Å². The van der Waals surface area contributed by atoms with E-state index >= 15 is 0 Å². The Balaban J connectivity index is 0.00000280. The second-order valence-corrected chi connectivity index (χ2v) is 6.53. The van der Waals surface area contributed by atoms with Gasteiger partial charge >= 0.3 is 0 Å². The van der Waals surface area contributed by atoms with Gasteiger partial charge in [0.25, 0.3) is 0 Å². The lowest BCUT2D eigenvalue weighted by Crippen LogP contribution is -2.42. The number of morpholine rings is 1. The van der Waals surface area contributed by atoms with Crippen molar-refractivity contribution in [2.24, 2.45) is 0 Å². The minimum atomic E-state index is -0.206. The Bertz CT molecular complexity index is 741. The Labute approximate surface area is 172 Å². The lowest BCUT2D eigenvalue weighted by molar-refractivity contribution is 0.0160. The van der Waals surface area contributed by atoms with Gasteiger partial charge in [-0.1, -0.05) is 18.2 Å². The summed E-state index contributed by atoms with van der Waals surface area (Å²) < 4.78 is 29.9. The summed E-state index contributed by atoms with van der Waals surface area (Å²) in [6.45, 7) is 4.46. The SMILES string of the molecule is COc1ccc(CNCC(c2cccc(F)c2)N2CCOCC2)c(OC)c1.Cl. The predicted octanol–water partition coefficient (Wildman–Crippen LogP) is 3.43. The van der Waals surface area contributed by atoms with Crippen LogP contribution in [0, 0.1) is 5.82 Å². The van der Waals surface area contributed by atoms with Crippen LogP contribution in [0.2, 0.25) is 0 Å². The summed E-state index contributed by atoms with van der Waals surface area (Å²) >= 11 is 0. The van der Waals surface area contributed by atoms with Gasteiger partial charge in [0.15, 0.2) is 0 Å². The molecule has 1 saturated heterocycles. The van der Waals surface area contributed by atoms with E-state index in [9.17, 15) is 4.39 Å². The highest BCUT2D eigenvalue weighted by Gasteiger charge is 2.22. The molecular formula is C21H28ClFN2O3. The topological polar surface area (TPSA) is 43.0 Å². The van der Waals surface area contributed by atoms with Gasteiger partial charge in [-0.25, -0.2) is 4.39 Å². The van der Waals surface area contributed by atoms with Crippen molar-refractivity contribution < 1.29 is 18.6 Å². The summed E-state index contributed by atoms with van der Waals surface area (Å²) in [5.41, 5.74) is 2.03. The first-order valence-electron chi connectivity index (χ1n) is 9.20. The van der Waals surface area contributed by atoms with Gasteiger partial charge in [-0.05, 0) is 23.8 Å². The molecule has 0 saturated carbocycles. The molecule has 1 unspecified atom stereocenters. The van der Waals surface area contributed by atoms with E-state index in [0.29, 0.717) is 26.3 Å². The normalized spacial score (nSPS) is 15.5. The first kappa shape index (κ1) is 22.4. The molecule has 7 heteroatoms. The average Bonchev–Trinajstić information content (AvgIpc) is 2.72. The number of methoxy groups -OCH3 is 2. The molecule has 0 spiro atoms. The molecule has 1 fully saturated rings. The van der Waals surface area contributed by atoms with E-state index in [0.717, 1.165) is 35.7 Å². The number of rotatable bonds is 8. The van der Waals surface area contributed by atoms with E-state index in [1.165, 1.54) is 6.07 Å². The highest BCUT2D eigenvalue weighted by molar-refractivity contribution is 5.85. The van der Waals surface area contributed by atoms with Crippen LogP contribution in [0.15, 0.2) is 42.5 Å². The molecular weight excluding hydrogens is 383 g/mol. The molecule has 0 radical (unpaired) electrons. The van der Waals surface area contributed by atoms with Gasteiger partial charge in [-0.15, -0.1) is 12.4 Å². The van der Waals surface area contributed by atoms with Crippen molar-refractivity contribution in [3.63, 3.8) is 0 Å². The highest BCUT2D eigenvalue weighted by Crippen LogP contribution is 2.25. The average molecular weight is 411 g/mol. The summed E-state index contributed by atoms with van der Waals surface area (Å²) in [4.78, 5) is 2.34. The van der Waals surface area contributed by atoms with Crippen molar-refractivity contribution in [2.45, 2.75) is 12.6 Å². The summed E-state index contributed by atoms with van der Waals surface area (Å²) in [5.74, 6) is 1.35. The van der Waals surface area contributed by atoms with Crippen molar-refractivity contribution in [1.82, 2.24) is 10.2 Å². The van der Waals surface area contributed by atoms with Crippen molar-refractivity contribution in [3.05, 3.63) is 59.4 Å². The van der Waals surface area contributed by atoms with Gasteiger partial charge < -0.3 is 19.5 Å². The molecule has 2 aromatic carbocycles. The molecule has 154 valence electrons. The maximum absolute atomic E-state index is 13.8. The van der Waals surface area contributed by atoms with Crippen molar-refractivity contribution >= 4 is 12.4 Å². The van der Waals surface area contributed by atoms with E-state index in [1.807, 2.05) is 24.3 Å². The van der Waals surface area contributed by atoms with Gasteiger partial charge in [0.1, 0.15) is 17.3 Å². The zero-order valence-electron chi connectivity index (χ0n) is 16.3. The number of hydrogen-bond acceptors (Lipinski definition) is 5. The Kier molecular flexibility index (Phi) is 8.99. The van der Waals surface area contributed by atoms with Crippen LogP contribution in [0.25, 0.3) is 0 Å². The third kappa shape index (κ3) is 5.82. The molecule has 1 aliphatic heterocycles. The maximum atomic E-state index is 13.8. The lowest BCUT2D eigenvalue weighted by atomic mass is 10.0. The number of halogens is 2. The minimum Gasteiger partial charge on any atom is -0.497 e. The molecule has 1 aliphatic rings. The van der Waals surface area contributed by atoms with Crippen molar-refractivity contribution in [2.75, 3.05) is 47.1 Å². The molecule has 0 aliphatic carbocycles. The van der Waals surface area contributed by atoms with Crippen molar-refractivity contribution in [3.8, 4) is 11.5 Å². The van der Waals surface area contributed by atoms with Gasteiger partial charge in [0, 0.05) is 43.9 Å². The Hall–Kier alpha value is -1.86. The molecule has 0 amide bonds. The standard InChI is InChI=1S/C21H27FN2O3.ClH/c1-25-19-7-6-17(21(13-19)26-2)14-23-15-20(24-8-10-27-11-9-24)16-4-3-5-18(22)12-16;/h3-7,12-13,20,23H,8-11,14-15H2,1-2H3;1H. The molecule has 1 atom stereocenters. The highest BCUT2D eigenvalue weighted by atomic mass is 35.5. The van der Waals surface area contributed by atoms with E-state index in [4.69, 9.17) is 14.2 Å². The summed E-state index contributed by atoms with van der Waals surface area (Å²) in [6, 6.07) is 12.7. The number of ether oxygens (including phenoxy) is 3. The number of nitrogens with one attached hydrogen (secondary N) is 1. The van der Waals surface area contributed by atoms with Gasteiger partial charge in [-0.2, -0.15) is 0 Å². The van der Waals surface area contributed by atoms with E-state index < -0.39 is 0 Å². The van der Waals surface area contributed by atoms with E-state index in [-0.39, 0.29) is 24.3 Å². The second kappa shape index (κ2) is 11.2. The molecule has 28 heavy (non-hydrogen) atoms. The van der Waals surface area contributed by atoms with Crippen LogP contribution in [0.3, 0.4) is 0 Å². The Morgan fingerprint density at radius 2 is 1.89 bits per heavy atom. The van der Waals surface area contributed by atoms with Crippen LogP contribution in [-0.4, -0.2) is 52.0 Å². The fourth-order valence-electron chi connectivity index (χ4n) is 3.40. The van der Waals surface area contributed by atoms with Crippen LogP contribution in [-0.2, 0) is 11.3 Å². The summed E-state index contributed by atoms with van der Waals surface area (Å²) in [6.07, 6.45) is 0. The molecule has 0 bridgehead atoms. The minimum absolute atomic E-state index is 0. The third-order valence-electron chi connectivity index (χ3n) is 4.87. The number of nitrogens with zero attached hydrogens (tertiary/aromatic N) is 1. The Morgan fingerprint density at radius 3 is 2.57 bits per heavy atom. The van der Waals surface area contributed by atoms with Gasteiger partial charge in [0.05, 0.1) is 27.4 Å². The van der Waals surface area contributed by atoms with Crippen LogP contribution >= 0.6 is 12.4 Å². The quantitative estimate of drug-likeness (QED) is 0.722. The van der Waals surface area contributed by atoms with Gasteiger partial charge in [-0.3, -0.25) is 4.90 Å². The molecule has 2 aromatic rings. The fraction of sp³-hybridized carbons (Fsp3) is 0.429. The molecule has 5 nitrogen and oxygen atoms in total. The Morgan fingerprint density at radius 1 is 1.11 bits per heavy atom. The lowest BCUT2D eigenvalue weighted by Gasteiger charge is -2.35. The molecule has 1 heterocycles. The number of benzene rings is 2. The maximum Gasteiger partial charge on any atom is 0.127 e. The smallest absolute Gasteiger partial charge is 0.127 e. The first-order chi connectivity index (χ1) is 13.2. The van der Waals surface area contributed by atoms with Crippen LogP contribution in [0.4, 0.5) is 4.39 Å². The second-order valence-electron chi connectivity index (χ2n) is 6.53. The summed E-state index contributed by atoms with van der Waals surface area (Å²) in [5, 5.41) is 3.50. The monoisotopic (exact) mass is 410 g/mol. The number of hydrogen-bond donors (Lipinski definition) is 1. The summed E-state index contributed by atoms with van der Waals surface area (Å²) in [7, 11) is 3.29. The zero-order chi connectivity index (χ0) is 19.1. The fourth-order valence-corrected chi connectivity index (χ4v) is 3.40. The van der Waals surface area contributed by atoms with E-state index in [1.54, 1.807) is 26.4 Å². The molecule has 1 N–H and O–H groups in total. The largest absolute Gasteiger partial charge is 0.497 e. The first-order valence-corrected chi connectivity index (χ1v) is 9.20. The van der Waals surface area contributed by atoms with Gasteiger partial charge in [0.2, 0.25) is 0 Å². The van der Waals surface area contributed by atoms with E-state index in [2.05, 4.69) is 10.2 Å². The predicted molar refractivity (Wildman–Crippen MR) is 110 cm³/mol. The van der Waals surface area contributed by atoms with Crippen molar-refractivity contribution in [1.29, 1.82) is 0 Å². The molecule has 3 rings (SSSR count). The van der Waals surface area contributed by atoms with Crippen LogP contribution in [0.5, 0.6) is 11.5 Å². The third-order valence-corrected chi connectivity index (χ3v) is 4.87. The zero-order valence-corrected chi connectivity index (χ0v) is 17.1. The van der Waals surface area contributed by atoms with Crippen LogP contribution < -0.4 is 14.8 Å².